The van der Waals surface area contributed by atoms with Gasteiger partial charge in [-0.25, -0.2) is 4.79 Å². The van der Waals surface area contributed by atoms with Crippen molar-refractivity contribution in [1.82, 2.24) is 14.9 Å². The maximum Gasteiger partial charge on any atom is 0.330 e. The first-order chi connectivity index (χ1) is 8.56. The Balaban J connectivity index is 2.31. The van der Waals surface area contributed by atoms with Crippen LogP contribution in [0.15, 0.2) is 15.8 Å². The van der Waals surface area contributed by atoms with E-state index in [0.717, 1.165) is 0 Å². The Kier molecular flexibility index (Phi) is 3.65. The number of rotatable bonds is 3. The zero-order chi connectivity index (χ0) is 13.3. The van der Waals surface area contributed by atoms with Crippen LogP contribution in [0.4, 0.5) is 0 Å². The fourth-order valence-electron chi connectivity index (χ4n) is 2.17. The second kappa shape index (κ2) is 5.05. The number of nitrogens with zero attached hydrogens (tertiary/aromatic N) is 1. The van der Waals surface area contributed by atoms with Gasteiger partial charge < -0.3 is 15.2 Å². The van der Waals surface area contributed by atoms with E-state index in [1.165, 1.54) is 10.8 Å². The van der Waals surface area contributed by atoms with Crippen LogP contribution in [0, 0.1) is 6.92 Å². The van der Waals surface area contributed by atoms with Gasteiger partial charge in [-0.05, 0) is 14.0 Å². The zero-order valence-electron chi connectivity index (χ0n) is 10.3. The lowest BCUT2D eigenvalue weighted by Gasteiger charge is -2.15. The number of aliphatic hydroxyl groups excluding tert-OH is 1. The molecule has 100 valence electrons. The van der Waals surface area contributed by atoms with Gasteiger partial charge in [-0.2, -0.15) is 0 Å². The summed E-state index contributed by atoms with van der Waals surface area (Å²) in [5, 5.41) is 12.2. The van der Waals surface area contributed by atoms with E-state index in [2.05, 4.69) is 10.3 Å². The highest BCUT2D eigenvalue weighted by Crippen LogP contribution is 2.27. The van der Waals surface area contributed by atoms with Gasteiger partial charge in [0.2, 0.25) is 0 Å². The molecule has 1 aromatic heterocycles. The third-order valence-corrected chi connectivity index (χ3v) is 3.24. The number of hydrogen-bond donors (Lipinski definition) is 3. The number of hydrogen-bond acceptors (Lipinski definition) is 5. The molecule has 7 heteroatoms. The predicted octanol–water partition coefficient (Wildman–Crippen LogP) is -1.29. The molecule has 1 aliphatic heterocycles. The molecule has 0 spiro atoms. The van der Waals surface area contributed by atoms with Crippen molar-refractivity contribution in [3.8, 4) is 0 Å². The lowest BCUT2D eigenvalue weighted by atomic mass is 10.1. The summed E-state index contributed by atoms with van der Waals surface area (Å²) in [6, 6.07) is -0.0147. The van der Waals surface area contributed by atoms with Gasteiger partial charge in [0.15, 0.2) is 0 Å². The predicted molar refractivity (Wildman–Crippen MR) is 64.5 cm³/mol. The Morgan fingerprint density at radius 1 is 1.61 bits per heavy atom. The summed E-state index contributed by atoms with van der Waals surface area (Å²) in [6.07, 6.45) is 1.23. The molecule has 7 nitrogen and oxygen atoms in total. The Morgan fingerprint density at radius 3 is 2.89 bits per heavy atom. The summed E-state index contributed by atoms with van der Waals surface area (Å²) in [4.78, 5) is 25.2. The first-order valence-electron chi connectivity index (χ1n) is 5.82. The van der Waals surface area contributed by atoms with Crippen LogP contribution in [0.3, 0.4) is 0 Å². The molecular formula is C11H17N3O4. The van der Waals surface area contributed by atoms with Crippen molar-refractivity contribution in [1.29, 1.82) is 0 Å². The fraction of sp³-hybridized carbons (Fsp3) is 0.636. The van der Waals surface area contributed by atoms with Crippen molar-refractivity contribution in [3.63, 3.8) is 0 Å². The number of ether oxygens (including phenoxy) is 1. The quantitative estimate of drug-likeness (QED) is 0.624. The van der Waals surface area contributed by atoms with E-state index < -0.39 is 17.5 Å². The molecule has 2 rings (SSSR count). The molecule has 1 saturated heterocycles. The minimum absolute atomic E-state index is 0.0147. The third kappa shape index (κ3) is 2.24. The Labute approximate surface area is 103 Å². The van der Waals surface area contributed by atoms with Gasteiger partial charge in [-0.1, -0.05) is 0 Å². The molecule has 1 aromatic rings. The van der Waals surface area contributed by atoms with Gasteiger partial charge in [-0.3, -0.25) is 14.3 Å². The van der Waals surface area contributed by atoms with E-state index in [0.29, 0.717) is 12.0 Å². The molecule has 0 unspecified atom stereocenters. The second-order valence-electron chi connectivity index (χ2n) is 4.42. The van der Waals surface area contributed by atoms with E-state index in [-0.39, 0.29) is 18.8 Å². The van der Waals surface area contributed by atoms with Gasteiger partial charge in [0.1, 0.15) is 6.23 Å². The van der Waals surface area contributed by atoms with Crippen LogP contribution >= 0.6 is 0 Å². The lowest BCUT2D eigenvalue weighted by molar-refractivity contribution is -0.0287. The second-order valence-corrected chi connectivity index (χ2v) is 4.42. The summed E-state index contributed by atoms with van der Waals surface area (Å²) >= 11 is 0. The average Bonchev–Trinajstić information content (AvgIpc) is 2.76. The van der Waals surface area contributed by atoms with Crippen molar-refractivity contribution in [2.45, 2.75) is 31.7 Å². The molecule has 0 amide bonds. The first kappa shape index (κ1) is 13.0. The topological polar surface area (TPSA) is 96.4 Å². The first-order valence-corrected chi connectivity index (χ1v) is 5.82. The number of aromatic nitrogens is 2. The van der Waals surface area contributed by atoms with Crippen LogP contribution in [0.25, 0.3) is 0 Å². The molecule has 3 N–H and O–H groups in total. The van der Waals surface area contributed by atoms with Crippen molar-refractivity contribution in [3.05, 3.63) is 32.6 Å². The average molecular weight is 255 g/mol. The summed E-state index contributed by atoms with van der Waals surface area (Å²) in [7, 11) is 1.78. The highest BCUT2D eigenvalue weighted by Gasteiger charge is 2.35. The van der Waals surface area contributed by atoms with E-state index in [4.69, 9.17) is 4.74 Å². The number of aliphatic hydroxyl groups is 1. The molecule has 2 heterocycles. The van der Waals surface area contributed by atoms with Crippen molar-refractivity contribution < 1.29 is 9.84 Å². The van der Waals surface area contributed by atoms with Crippen molar-refractivity contribution in [2.75, 3.05) is 13.7 Å². The highest BCUT2D eigenvalue weighted by atomic mass is 16.5. The monoisotopic (exact) mass is 255 g/mol. The largest absolute Gasteiger partial charge is 0.394 e. The number of nitrogens with one attached hydrogen (secondary N) is 2. The molecule has 0 radical (unpaired) electrons. The maximum absolute atomic E-state index is 11.7. The van der Waals surface area contributed by atoms with Crippen LogP contribution in [-0.4, -0.2) is 40.5 Å². The Bertz CT molecular complexity index is 524. The van der Waals surface area contributed by atoms with Crippen LogP contribution in [-0.2, 0) is 4.74 Å². The molecule has 0 aliphatic carbocycles. The fourth-order valence-corrected chi connectivity index (χ4v) is 2.17. The van der Waals surface area contributed by atoms with Crippen molar-refractivity contribution >= 4 is 0 Å². The SMILES string of the molecule is CN[C@H]1C[C@H](n2cc(C)c(=O)[nH]c2=O)O[C@@H]1CO. The highest BCUT2D eigenvalue weighted by molar-refractivity contribution is 5.02. The number of aromatic amines is 1. The zero-order valence-corrected chi connectivity index (χ0v) is 10.3. The standard InChI is InChI=1S/C11H17N3O4/c1-6-4-14(11(17)13-10(6)16)9-3-7(12-2)8(5-15)18-9/h4,7-9,12,15H,3,5H2,1-2H3,(H,13,16,17)/t7-,8+,9+/m0/s1. The Hall–Kier alpha value is -1.44. The van der Waals surface area contributed by atoms with E-state index in [1.807, 2.05) is 0 Å². The number of H-pyrrole nitrogens is 1. The minimum atomic E-state index is -0.496. The number of aryl methyl sites for hydroxylation is 1. The van der Waals surface area contributed by atoms with Gasteiger partial charge in [0.05, 0.1) is 12.7 Å². The van der Waals surface area contributed by atoms with Gasteiger partial charge in [-0.15, -0.1) is 0 Å². The molecule has 0 saturated carbocycles. The summed E-state index contributed by atoms with van der Waals surface area (Å²) in [5.74, 6) is 0. The molecular weight excluding hydrogens is 238 g/mol. The smallest absolute Gasteiger partial charge is 0.330 e. The molecule has 0 bridgehead atoms. The van der Waals surface area contributed by atoms with Crippen LogP contribution < -0.4 is 16.6 Å². The molecule has 18 heavy (non-hydrogen) atoms. The Morgan fingerprint density at radius 2 is 2.33 bits per heavy atom. The molecule has 1 fully saturated rings. The summed E-state index contributed by atoms with van der Waals surface area (Å²) in [5.41, 5.74) is -0.436. The normalized spacial score (nSPS) is 27.6. The van der Waals surface area contributed by atoms with E-state index in [1.54, 1.807) is 14.0 Å². The van der Waals surface area contributed by atoms with E-state index in [9.17, 15) is 14.7 Å². The molecule has 1 aliphatic rings. The lowest BCUT2D eigenvalue weighted by Crippen LogP contribution is -2.35. The third-order valence-electron chi connectivity index (χ3n) is 3.24. The summed E-state index contributed by atoms with van der Waals surface area (Å²) < 4.78 is 6.96. The number of likely N-dealkylation sites (N-methyl/N-ethyl adjacent to an activating group) is 1. The van der Waals surface area contributed by atoms with Gasteiger partial charge in [0.25, 0.3) is 5.56 Å². The van der Waals surface area contributed by atoms with Gasteiger partial charge >= 0.3 is 5.69 Å². The van der Waals surface area contributed by atoms with Crippen LogP contribution in [0.5, 0.6) is 0 Å². The van der Waals surface area contributed by atoms with Gasteiger partial charge in [0, 0.05) is 24.2 Å². The van der Waals surface area contributed by atoms with Crippen LogP contribution in [0.1, 0.15) is 18.2 Å². The molecule has 3 atom stereocenters. The maximum atomic E-state index is 11.7. The summed E-state index contributed by atoms with van der Waals surface area (Å²) in [6.45, 7) is 1.52. The van der Waals surface area contributed by atoms with Crippen molar-refractivity contribution in [2.24, 2.45) is 0 Å². The minimum Gasteiger partial charge on any atom is -0.394 e. The van der Waals surface area contributed by atoms with Crippen LogP contribution in [0.2, 0.25) is 0 Å². The molecule has 0 aromatic carbocycles. The van der Waals surface area contributed by atoms with E-state index >= 15 is 0 Å².